The number of likely N-dealkylation sites (N-methyl/N-ethyl adjacent to an activating group) is 1. The molecule has 0 radical (unpaired) electrons. The van der Waals surface area contributed by atoms with Gasteiger partial charge in [0, 0.05) is 22.2 Å². The zero-order valence-electron chi connectivity index (χ0n) is 17.4. The van der Waals surface area contributed by atoms with E-state index in [1.54, 1.807) is 54.6 Å². The van der Waals surface area contributed by atoms with Crippen molar-refractivity contribution in [3.8, 4) is 23.0 Å². The molecule has 4 rings (SSSR count). The van der Waals surface area contributed by atoms with Crippen molar-refractivity contribution < 1.29 is 19.4 Å². The van der Waals surface area contributed by atoms with Gasteiger partial charge in [0.1, 0.15) is 28.7 Å². The summed E-state index contributed by atoms with van der Waals surface area (Å²) in [5, 5.41) is 14.2. The van der Waals surface area contributed by atoms with Crippen LogP contribution in [0.1, 0.15) is 22.2 Å². The number of phenolic OH excluding ortho intramolecular Hbond substituents is 1. The Bertz CT molecular complexity index is 1240. The minimum Gasteiger partial charge on any atom is -0.508 e. The van der Waals surface area contributed by atoms with Crippen LogP contribution in [0, 0.1) is 0 Å². The molecule has 4 aromatic rings. The highest BCUT2D eigenvalue weighted by atomic mass is 35.5. The molecular weight excluding hydrogens is 446 g/mol. The van der Waals surface area contributed by atoms with Gasteiger partial charge < -0.3 is 19.9 Å². The molecule has 0 unspecified atom stereocenters. The van der Waals surface area contributed by atoms with E-state index in [2.05, 4.69) is 5.32 Å². The van der Waals surface area contributed by atoms with Crippen molar-refractivity contribution in [2.75, 3.05) is 19.7 Å². The zero-order chi connectivity index (χ0) is 22.5. The highest BCUT2D eigenvalue weighted by Crippen LogP contribution is 2.43. The van der Waals surface area contributed by atoms with Crippen molar-refractivity contribution >= 4 is 38.8 Å². The number of phenols is 1. The fourth-order valence-electron chi connectivity index (χ4n) is 3.22. The first kappa shape index (κ1) is 22.1. The van der Waals surface area contributed by atoms with Crippen molar-refractivity contribution in [3.05, 3.63) is 82.2 Å². The minimum absolute atomic E-state index is 0.126. The summed E-state index contributed by atoms with van der Waals surface area (Å²) in [5.41, 5.74) is 0.402. The van der Waals surface area contributed by atoms with Gasteiger partial charge in [-0.1, -0.05) is 30.7 Å². The second-order valence-electron chi connectivity index (χ2n) is 7.03. The molecule has 0 aliphatic carbocycles. The summed E-state index contributed by atoms with van der Waals surface area (Å²) in [6.45, 7) is 4.29. The van der Waals surface area contributed by atoms with Crippen LogP contribution in [0.4, 0.5) is 0 Å². The van der Waals surface area contributed by atoms with Gasteiger partial charge in [-0.3, -0.25) is 4.79 Å². The van der Waals surface area contributed by atoms with Crippen molar-refractivity contribution in [2.24, 2.45) is 0 Å². The van der Waals surface area contributed by atoms with Crippen LogP contribution in [0.25, 0.3) is 10.1 Å². The molecule has 5 nitrogen and oxygen atoms in total. The lowest BCUT2D eigenvalue weighted by Crippen LogP contribution is -2.20. The fourth-order valence-corrected chi connectivity index (χ4v) is 4.56. The summed E-state index contributed by atoms with van der Waals surface area (Å²) in [4.78, 5) is 13.7. The van der Waals surface area contributed by atoms with E-state index in [0.29, 0.717) is 33.6 Å². The van der Waals surface area contributed by atoms with Gasteiger partial charge in [0.15, 0.2) is 5.75 Å². The van der Waals surface area contributed by atoms with Gasteiger partial charge in [-0.2, -0.15) is 0 Å². The smallest absolute Gasteiger partial charge is 0.208 e. The molecule has 164 valence electrons. The third-order valence-electron chi connectivity index (χ3n) is 4.79. The maximum atomic E-state index is 13.3. The number of rotatable bonds is 9. The highest BCUT2D eigenvalue weighted by molar-refractivity contribution is 7.21. The predicted octanol–water partition coefficient (Wildman–Crippen LogP) is 6.27. The summed E-state index contributed by atoms with van der Waals surface area (Å²) in [6, 6.07) is 19.1. The molecule has 0 fully saturated rings. The minimum atomic E-state index is -0.227. The zero-order valence-corrected chi connectivity index (χ0v) is 19.0. The number of carbonyl (C=O) groups is 1. The van der Waals surface area contributed by atoms with Crippen LogP contribution in [0.2, 0.25) is 5.02 Å². The van der Waals surface area contributed by atoms with Crippen LogP contribution < -0.4 is 14.8 Å². The van der Waals surface area contributed by atoms with E-state index < -0.39 is 0 Å². The Kier molecular flexibility index (Phi) is 6.95. The number of benzene rings is 3. The first-order valence-corrected chi connectivity index (χ1v) is 11.4. The molecule has 2 N–H and O–H groups in total. The van der Waals surface area contributed by atoms with Crippen molar-refractivity contribution in [2.45, 2.75) is 6.92 Å². The highest BCUT2D eigenvalue weighted by Gasteiger charge is 2.23. The molecule has 0 amide bonds. The third kappa shape index (κ3) is 4.88. The van der Waals surface area contributed by atoms with Crippen molar-refractivity contribution in [1.29, 1.82) is 0 Å². The number of hydrogen-bond acceptors (Lipinski definition) is 6. The number of carbonyl (C=O) groups excluding carboxylic acids is 1. The molecular formula is C25H22ClNO4S. The average molecular weight is 468 g/mol. The number of hydrogen-bond donors (Lipinski definition) is 2. The van der Waals surface area contributed by atoms with Crippen molar-refractivity contribution in [3.63, 3.8) is 0 Å². The maximum Gasteiger partial charge on any atom is 0.208 e. The lowest BCUT2D eigenvalue weighted by atomic mass is 10.1. The number of nitrogens with one attached hydrogen (secondary N) is 1. The van der Waals surface area contributed by atoms with Crippen LogP contribution in [-0.4, -0.2) is 30.6 Å². The molecule has 0 bridgehead atoms. The normalized spacial score (nSPS) is 10.9. The van der Waals surface area contributed by atoms with Gasteiger partial charge in [0.25, 0.3) is 0 Å². The van der Waals surface area contributed by atoms with Crippen molar-refractivity contribution in [1.82, 2.24) is 5.32 Å². The SMILES string of the molecule is CCNCCOc1ccc(Oc2c(C(=O)c3ccccc3Cl)sc3cc(O)ccc23)cc1. The summed E-state index contributed by atoms with van der Waals surface area (Å²) < 4.78 is 12.6. The van der Waals surface area contributed by atoms with Gasteiger partial charge in [0.2, 0.25) is 5.78 Å². The van der Waals surface area contributed by atoms with E-state index in [9.17, 15) is 9.90 Å². The average Bonchev–Trinajstić information content (AvgIpc) is 3.15. The van der Waals surface area contributed by atoms with E-state index in [1.165, 1.54) is 11.3 Å². The lowest BCUT2D eigenvalue weighted by Gasteiger charge is -2.10. The van der Waals surface area contributed by atoms with Gasteiger partial charge >= 0.3 is 0 Å². The van der Waals surface area contributed by atoms with Gasteiger partial charge in [-0.05, 0) is 61.1 Å². The molecule has 3 aromatic carbocycles. The number of aromatic hydroxyl groups is 1. The second kappa shape index (κ2) is 10.0. The summed E-state index contributed by atoms with van der Waals surface area (Å²) in [5.74, 6) is 1.65. The lowest BCUT2D eigenvalue weighted by molar-refractivity contribution is 0.104. The third-order valence-corrected chi connectivity index (χ3v) is 6.26. The monoisotopic (exact) mass is 467 g/mol. The summed E-state index contributed by atoms with van der Waals surface area (Å²) in [6.07, 6.45) is 0. The Morgan fingerprint density at radius 3 is 2.56 bits per heavy atom. The Morgan fingerprint density at radius 1 is 1.06 bits per heavy atom. The molecule has 32 heavy (non-hydrogen) atoms. The van der Waals surface area contributed by atoms with Gasteiger partial charge in [-0.15, -0.1) is 11.3 Å². The molecule has 7 heteroatoms. The Balaban J connectivity index is 1.65. The number of fused-ring (bicyclic) bond motifs is 1. The van der Waals surface area contributed by atoms with Crippen LogP contribution in [0.15, 0.2) is 66.7 Å². The standard InChI is InChI=1S/C25H22ClNO4S/c1-2-27-13-14-30-17-8-10-18(11-9-17)31-24-20-12-7-16(28)15-22(20)32-25(24)23(29)19-5-3-4-6-21(19)26/h3-12,15,27-28H,2,13-14H2,1H3. The number of halogens is 1. The molecule has 0 aliphatic rings. The molecule has 0 saturated heterocycles. The van der Waals surface area contributed by atoms with Gasteiger partial charge in [0.05, 0.1) is 5.02 Å². The largest absolute Gasteiger partial charge is 0.508 e. The van der Waals surface area contributed by atoms with E-state index in [0.717, 1.165) is 28.9 Å². The van der Waals surface area contributed by atoms with E-state index >= 15 is 0 Å². The van der Waals surface area contributed by atoms with E-state index in [1.807, 2.05) is 19.1 Å². The summed E-state index contributed by atoms with van der Waals surface area (Å²) in [7, 11) is 0. The first-order chi connectivity index (χ1) is 15.6. The molecule has 1 aromatic heterocycles. The van der Waals surface area contributed by atoms with E-state index in [-0.39, 0.29) is 11.5 Å². The first-order valence-electron chi connectivity index (χ1n) is 10.2. The van der Waals surface area contributed by atoms with Crippen LogP contribution in [0.3, 0.4) is 0 Å². The number of thiophene rings is 1. The maximum absolute atomic E-state index is 13.3. The topological polar surface area (TPSA) is 67.8 Å². The molecule has 0 saturated carbocycles. The Morgan fingerprint density at radius 2 is 1.81 bits per heavy atom. The second-order valence-corrected chi connectivity index (χ2v) is 8.48. The summed E-state index contributed by atoms with van der Waals surface area (Å²) >= 11 is 7.53. The molecule has 1 heterocycles. The van der Waals surface area contributed by atoms with Crippen LogP contribution in [-0.2, 0) is 0 Å². The molecule has 0 atom stereocenters. The number of ether oxygens (including phenoxy) is 2. The fraction of sp³-hybridized carbons (Fsp3) is 0.160. The van der Waals surface area contributed by atoms with Crippen LogP contribution >= 0.6 is 22.9 Å². The predicted molar refractivity (Wildman–Crippen MR) is 129 cm³/mol. The van der Waals surface area contributed by atoms with Crippen LogP contribution in [0.5, 0.6) is 23.0 Å². The number of ketones is 1. The van der Waals surface area contributed by atoms with E-state index in [4.69, 9.17) is 21.1 Å². The molecule has 0 spiro atoms. The molecule has 0 aliphatic heterocycles. The van der Waals surface area contributed by atoms with Gasteiger partial charge in [-0.25, -0.2) is 0 Å². The Labute approximate surface area is 195 Å². The quantitative estimate of drug-likeness (QED) is 0.224. The Hall–Kier alpha value is -3.06.